The van der Waals surface area contributed by atoms with E-state index in [0.717, 1.165) is 19.4 Å². The predicted octanol–water partition coefficient (Wildman–Crippen LogP) is 3.24. The SMILES string of the molecule is CCCCNC(C)C(C)OC(C)C(C)OC(C)C(=O)NC(C)C(C)OC(C)C(C)=O. The van der Waals surface area contributed by atoms with Gasteiger partial charge in [0.25, 0.3) is 0 Å². The van der Waals surface area contributed by atoms with Crippen molar-refractivity contribution in [3.63, 3.8) is 0 Å². The van der Waals surface area contributed by atoms with Crippen molar-refractivity contribution >= 4 is 11.7 Å². The van der Waals surface area contributed by atoms with Gasteiger partial charge in [-0.25, -0.2) is 0 Å². The van der Waals surface area contributed by atoms with Gasteiger partial charge < -0.3 is 24.8 Å². The van der Waals surface area contributed by atoms with Crippen LogP contribution in [0.2, 0.25) is 0 Å². The molecule has 1 amide bonds. The number of unbranched alkanes of at least 4 members (excludes halogenated alkanes) is 1. The first-order valence-corrected chi connectivity index (χ1v) is 11.4. The fourth-order valence-electron chi connectivity index (χ4n) is 2.73. The Morgan fingerprint density at radius 1 is 0.733 bits per heavy atom. The summed E-state index contributed by atoms with van der Waals surface area (Å²) in [6.07, 6.45) is 0.549. The zero-order chi connectivity index (χ0) is 23.4. The lowest BCUT2D eigenvalue weighted by molar-refractivity contribution is -0.146. The van der Waals surface area contributed by atoms with E-state index in [-0.39, 0.29) is 48.2 Å². The maximum atomic E-state index is 12.5. The minimum Gasteiger partial charge on any atom is -0.371 e. The molecule has 0 aromatic carbocycles. The molecule has 0 aromatic heterocycles. The van der Waals surface area contributed by atoms with Gasteiger partial charge in [0, 0.05) is 6.04 Å². The van der Waals surface area contributed by atoms with Crippen molar-refractivity contribution in [1.29, 1.82) is 0 Å². The quantitative estimate of drug-likeness (QED) is 0.366. The van der Waals surface area contributed by atoms with Crippen molar-refractivity contribution in [2.24, 2.45) is 0 Å². The molecule has 0 aromatic rings. The molecule has 0 bridgehead atoms. The van der Waals surface area contributed by atoms with Crippen LogP contribution in [-0.2, 0) is 23.8 Å². The van der Waals surface area contributed by atoms with Crippen molar-refractivity contribution in [2.75, 3.05) is 6.54 Å². The van der Waals surface area contributed by atoms with E-state index in [1.54, 1.807) is 13.8 Å². The lowest BCUT2D eigenvalue weighted by atomic mass is 10.1. The molecule has 30 heavy (non-hydrogen) atoms. The highest BCUT2D eigenvalue weighted by atomic mass is 16.6. The molecule has 2 N–H and O–H groups in total. The predicted molar refractivity (Wildman–Crippen MR) is 121 cm³/mol. The normalized spacial score (nSPS) is 19.8. The van der Waals surface area contributed by atoms with E-state index in [1.807, 2.05) is 34.6 Å². The second kappa shape index (κ2) is 14.9. The zero-order valence-electron chi connectivity index (χ0n) is 20.8. The highest BCUT2D eigenvalue weighted by Crippen LogP contribution is 2.12. The molecular weight excluding hydrogens is 384 g/mol. The summed E-state index contributed by atoms with van der Waals surface area (Å²) in [4.78, 5) is 23.9. The molecule has 0 saturated heterocycles. The monoisotopic (exact) mass is 430 g/mol. The van der Waals surface area contributed by atoms with E-state index in [0.29, 0.717) is 0 Å². The van der Waals surface area contributed by atoms with Crippen LogP contribution in [0, 0.1) is 0 Å². The van der Waals surface area contributed by atoms with Gasteiger partial charge in [-0.2, -0.15) is 0 Å². The van der Waals surface area contributed by atoms with Crippen LogP contribution in [0.15, 0.2) is 0 Å². The van der Waals surface area contributed by atoms with Gasteiger partial charge in [0.15, 0.2) is 5.78 Å². The number of carbonyl (C=O) groups excluding carboxylic acids is 2. The van der Waals surface area contributed by atoms with Gasteiger partial charge in [-0.15, -0.1) is 0 Å². The number of hydrogen-bond acceptors (Lipinski definition) is 6. The molecule has 0 radical (unpaired) electrons. The summed E-state index contributed by atoms with van der Waals surface area (Å²) < 4.78 is 17.6. The Bertz CT molecular complexity index is 502. The highest BCUT2D eigenvalue weighted by molar-refractivity contribution is 5.81. The highest BCUT2D eigenvalue weighted by Gasteiger charge is 2.26. The van der Waals surface area contributed by atoms with Crippen molar-refractivity contribution in [3.8, 4) is 0 Å². The van der Waals surface area contributed by atoms with E-state index in [1.165, 1.54) is 6.92 Å². The third kappa shape index (κ3) is 11.4. The third-order valence-electron chi connectivity index (χ3n) is 5.64. The summed E-state index contributed by atoms with van der Waals surface area (Å²) in [6.45, 7) is 19.8. The van der Waals surface area contributed by atoms with Crippen LogP contribution in [0.3, 0.4) is 0 Å². The molecule has 7 heteroatoms. The Morgan fingerprint density at radius 2 is 1.23 bits per heavy atom. The Morgan fingerprint density at radius 3 is 1.77 bits per heavy atom. The number of amides is 1. The van der Waals surface area contributed by atoms with Crippen LogP contribution >= 0.6 is 0 Å². The summed E-state index contributed by atoms with van der Waals surface area (Å²) in [7, 11) is 0. The Labute approximate surface area is 184 Å². The van der Waals surface area contributed by atoms with Crippen LogP contribution < -0.4 is 10.6 Å². The number of carbonyl (C=O) groups is 2. The molecule has 0 aliphatic carbocycles. The maximum Gasteiger partial charge on any atom is 0.249 e. The number of ether oxygens (including phenoxy) is 3. The summed E-state index contributed by atoms with van der Waals surface area (Å²) in [5, 5.41) is 6.38. The van der Waals surface area contributed by atoms with Crippen LogP contribution in [-0.4, -0.2) is 66.9 Å². The van der Waals surface area contributed by atoms with E-state index in [4.69, 9.17) is 14.2 Å². The first kappa shape index (κ1) is 29.0. The van der Waals surface area contributed by atoms with Crippen LogP contribution in [0.1, 0.15) is 82.1 Å². The number of hydrogen-bond donors (Lipinski definition) is 2. The molecule has 8 unspecified atom stereocenters. The Hall–Kier alpha value is -1.02. The summed E-state index contributed by atoms with van der Waals surface area (Å²) in [6, 6.07) is -0.00366. The first-order chi connectivity index (χ1) is 13.9. The van der Waals surface area contributed by atoms with Crippen molar-refractivity contribution in [1.82, 2.24) is 10.6 Å². The number of Topliss-reactive ketones (excluding diaryl/α,β-unsaturated/α-hetero) is 1. The zero-order valence-corrected chi connectivity index (χ0v) is 20.8. The second-order valence-corrected chi connectivity index (χ2v) is 8.52. The van der Waals surface area contributed by atoms with Crippen molar-refractivity contribution in [2.45, 2.75) is 131 Å². The summed E-state index contributed by atoms with van der Waals surface area (Å²) in [5.74, 6) is -0.251. The van der Waals surface area contributed by atoms with Crippen molar-refractivity contribution < 1.29 is 23.8 Å². The lowest BCUT2D eigenvalue weighted by Gasteiger charge is -2.30. The minimum absolute atomic E-state index is 0.0355. The molecule has 178 valence electrons. The lowest BCUT2D eigenvalue weighted by Crippen LogP contribution is -2.48. The molecule has 7 nitrogen and oxygen atoms in total. The van der Waals surface area contributed by atoms with Gasteiger partial charge in [0.05, 0.1) is 30.5 Å². The topological polar surface area (TPSA) is 85.9 Å². The smallest absolute Gasteiger partial charge is 0.249 e. The largest absolute Gasteiger partial charge is 0.371 e. The molecule has 0 spiro atoms. The van der Waals surface area contributed by atoms with Gasteiger partial charge >= 0.3 is 0 Å². The average Bonchev–Trinajstić information content (AvgIpc) is 2.67. The van der Waals surface area contributed by atoms with Gasteiger partial charge in [-0.3, -0.25) is 9.59 Å². The Kier molecular flexibility index (Phi) is 14.4. The number of ketones is 1. The molecule has 0 aliphatic heterocycles. The first-order valence-electron chi connectivity index (χ1n) is 11.4. The van der Waals surface area contributed by atoms with E-state index >= 15 is 0 Å². The van der Waals surface area contributed by atoms with Crippen molar-refractivity contribution in [3.05, 3.63) is 0 Å². The van der Waals surface area contributed by atoms with E-state index in [9.17, 15) is 9.59 Å². The molecule has 0 saturated carbocycles. The van der Waals surface area contributed by atoms with Crippen LogP contribution in [0.4, 0.5) is 0 Å². The average molecular weight is 431 g/mol. The van der Waals surface area contributed by atoms with Gasteiger partial charge in [-0.05, 0) is 75.3 Å². The van der Waals surface area contributed by atoms with Crippen LogP contribution in [0.5, 0.6) is 0 Å². The third-order valence-corrected chi connectivity index (χ3v) is 5.64. The molecule has 0 aliphatic rings. The molecule has 0 rings (SSSR count). The Balaban J connectivity index is 4.46. The van der Waals surface area contributed by atoms with Gasteiger partial charge in [0.1, 0.15) is 12.2 Å². The van der Waals surface area contributed by atoms with Crippen LogP contribution in [0.25, 0.3) is 0 Å². The summed E-state index contributed by atoms with van der Waals surface area (Å²) in [5.41, 5.74) is 0. The second-order valence-electron chi connectivity index (χ2n) is 8.52. The van der Waals surface area contributed by atoms with E-state index < -0.39 is 12.2 Å². The maximum absolute atomic E-state index is 12.5. The molecule has 0 heterocycles. The van der Waals surface area contributed by atoms with E-state index in [2.05, 4.69) is 24.5 Å². The summed E-state index contributed by atoms with van der Waals surface area (Å²) >= 11 is 0. The fourth-order valence-corrected chi connectivity index (χ4v) is 2.73. The fraction of sp³-hybridized carbons (Fsp3) is 0.913. The molecular formula is C23H46N2O5. The number of nitrogens with one attached hydrogen (secondary N) is 2. The molecule has 0 fully saturated rings. The van der Waals surface area contributed by atoms with Gasteiger partial charge in [0.2, 0.25) is 5.91 Å². The van der Waals surface area contributed by atoms with Gasteiger partial charge in [-0.1, -0.05) is 13.3 Å². The standard InChI is InChI=1S/C23H46N2O5/c1-11-12-13-24-14(2)17(5)29-20(8)21(9)30-22(10)23(27)25-15(3)18(6)28-19(7)16(4)26/h14-15,17-22,24H,11-13H2,1-10H3,(H,25,27). The number of rotatable bonds is 16. The minimum atomic E-state index is -0.624. The molecule has 8 atom stereocenters.